The van der Waals surface area contributed by atoms with Crippen LogP contribution in [0.3, 0.4) is 0 Å². The van der Waals surface area contributed by atoms with Crippen LogP contribution >= 0.6 is 0 Å². The molecule has 1 aliphatic rings. The van der Waals surface area contributed by atoms with Gasteiger partial charge in [0.2, 0.25) is 0 Å². The summed E-state index contributed by atoms with van der Waals surface area (Å²) in [5, 5.41) is 3.42. The third kappa shape index (κ3) is 3.75. The Labute approximate surface area is 146 Å². The van der Waals surface area contributed by atoms with Gasteiger partial charge < -0.3 is 19.5 Å². The largest absolute Gasteiger partial charge is 0.493 e. The molecule has 25 heavy (non-hydrogen) atoms. The van der Waals surface area contributed by atoms with Crippen molar-refractivity contribution in [1.29, 1.82) is 0 Å². The van der Waals surface area contributed by atoms with Gasteiger partial charge >= 0.3 is 5.97 Å². The molecule has 0 atom stereocenters. The summed E-state index contributed by atoms with van der Waals surface area (Å²) in [4.78, 5) is 20.7. The lowest BCUT2D eigenvalue weighted by atomic mass is 9.86. The van der Waals surface area contributed by atoms with Crippen LogP contribution in [0, 0.1) is 5.92 Å². The van der Waals surface area contributed by atoms with Crippen molar-refractivity contribution in [2.45, 2.75) is 31.7 Å². The zero-order valence-corrected chi connectivity index (χ0v) is 14.7. The van der Waals surface area contributed by atoms with Crippen molar-refractivity contribution < 1.29 is 19.0 Å². The molecule has 1 N–H and O–H groups in total. The maximum atomic E-state index is 11.6. The minimum atomic E-state index is -0.106. The predicted molar refractivity (Wildman–Crippen MR) is 94.0 cm³/mol. The van der Waals surface area contributed by atoms with E-state index in [9.17, 15) is 4.79 Å². The second-order valence-corrected chi connectivity index (χ2v) is 6.17. The zero-order chi connectivity index (χ0) is 17.8. The van der Waals surface area contributed by atoms with E-state index in [2.05, 4.69) is 15.3 Å². The number of nitrogens with one attached hydrogen (secondary N) is 1. The number of aromatic nitrogens is 2. The van der Waals surface area contributed by atoms with Crippen LogP contribution < -0.4 is 14.8 Å². The van der Waals surface area contributed by atoms with Crippen LogP contribution in [0.25, 0.3) is 11.0 Å². The summed E-state index contributed by atoms with van der Waals surface area (Å²) >= 11 is 0. The van der Waals surface area contributed by atoms with Crippen LogP contribution in [0.1, 0.15) is 25.7 Å². The minimum absolute atomic E-state index is 0.0162. The molecule has 134 valence electrons. The van der Waals surface area contributed by atoms with Crippen molar-refractivity contribution in [3.8, 4) is 11.5 Å². The number of methoxy groups -OCH3 is 3. The number of esters is 1. The van der Waals surface area contributed by atoms with E-state index < -0.39 is 0 Å². The van der Waals surface area contributed by atoms with Crippen molar-refractivity contribution in [1.82, 2.24) is 9.97 Å². The van der Waals surface area contributed by atoms with Gasteiger partial charge in [-0.15, -0.1) is 0 Å². The summed E-state index contributed by atoms with van der Waals surface area (Å²) in [5.74, 6) is 1.89. The quantitative estimate of drug-likeness (QED) is 0.834. The van der Waals surface area contributed by atoms with E-state index in [1.54, 1.807) is 20.4 Å². The lowest BCUT2D eigenvalue weighted by molar-refractivity contribution is -0.146. The summed E-state index contributed by atoms with van der Waals surface area (Å²) < 4.78 is 15.4. The molecule has 7 heteroatoms. The number of nitrogens with zero attached hydrogens (tertiary/aromatic N) is 2. The molecule has 0 bridgehead atoms. The van der Waals surface area contributed by atoms with Crippen LogP contribution in [0.5, 0.6) is 11.5 Å². The molecule has 0 spiro atoms. The lowest BCUT2D eigenvalue weighted by Gasteiger charge is -2.27. The van der Waals surface area contributed by atoms with Crippen molar-refractivity contribution in [3.63, 3.8) is 0 Å². The van der Waals surface area contributed by atoms with Crippen LogP contribution in [0.4, 0.5) is 5.82 Å². The molecule has 1 aromatic heterocycles. The average Bonchev–Trinajstić information content (AvgIpc) is 2.66. The number of rotatable bonds is 5. The van der Waals surface area contributed by atoms with Crippen LogP contribution in [0.15, 0.2) is 18.3 Å². The normalized spacial score (nSPS) is 20.1. The molecule has 7 nitrogen and oxygen atoms in total. The Morgan fingerprint density at radius 1 is 1.04 bits per heavy atom. The fourth-order valence-electron chi connectivity index (χ4n) is 3.26. The molecule has 0 radical (unpaired) electrons. The highest BCUT2D eigenvalue weighted by molar-refractivity contribution is 5.80. The van der Waals surface area contributed by atoms with Gasteiger partial charge in [-0.1, -0.05) is 0 Å². The number of carbonyl (C=O) groups excluding carboxylic acids is 1. The van der Waals surface area contributed by atoms with Crippen molar-refractivity contribution in [2.24, 2.45) is 5.92 Å². The maximum Gasteiger partial charge on any atom is 0.308 e. The van der Waals surface area contributed by atoms with Crippen LogP contribution in [0.2, 0.25) is 0 Å². The second-order valence-electron chi connectivity index (χ2n) is 6.17. The van der Waals surface area contributed by atoms with Crippen molar-refractivity contribution in [2.75, 3.05) is 26.6 Å². The molecule has 0 amide bonds. The fraction of sp³-hybridized carbons (Fsp3) is 0.500. The van der Waals surface area contributed by atoms with E-state index in [0.29, 0.717) is 11.5 Å². The highest BCUT2D eigenvalue weighted by Crippen LogP contribution is 2.31. The van der Waals surface area contributed by atoms with E-state index in [1.807, 2.05) is 12.1 Å². The first-order valence-electron chi connectivity index (χ1n) is 8.37. The molecule has 1 fully saturated rings. The smallest absolute Gasteiger partial charge is 0.308 e. The first-order valence-corrected chi connectivity index (χ1v) is 8.37. The topological polar surface area (TPSA) is 82.6 Å². The van der Waals surface area contributed by atoms with Gasteiger partial charge in [-0.25, -0.2) is 4.98 Å². The van der Waals surface area contributed by atoms with E-state index in [1.165, 1.54) is 7.11 Å². The van der Waals surface area contributed by atoms with Gasteiger partial charge in [-0.05, 0) is 25.7 Å². The van der Waals surface area contributed by atoms with Crippen molar-refractivity contribution in [3.05, 3.63) is 18.3 Å². The monoisotopic (exact) mass is 345 g/mol. The van der Waals surface area contributed by atoms with Gasteiger partial charge in [0.25, 0.3) is 0 Å². The molecular weight excluding hydrogens is 322 g/mol. The van der Waals surface area contributed by atoms with E-state index in [4.69, 9.17) is 14.2 Å². The number of carbonyl (C=O) groups is 1. The highest BCUT2D eigenvalue weighted by Gasteiger charge is 2.27. The summed E-state index contributed by atoms with van der Waals surface area (Å²) in [5.41, 5.74) is 1.49. The Morgan fingerprint density at radius 3 is 2.28 bits per heavy atom. The average molecular weight is 345 g/mol. The molecule has 1 saturated carbocycles. The molecule has 1 aromatic carbocycles. The molecule has 0 unspecified atom stereocenters. The Hall–Kier alpha value is -2.57. The van der Waals surface area contributed by atoms with Crippen molar-refractivity contribution >= 4 is 22.8 Å². The first-order chi connectivity index (χ1) is 12.1. The SMILES string of the molecule is COc1cc2ncc(N[C@H]3CC[C@@H](C(=O)OC)CC3)nc2cc1OC. The molecular formula is C18H23N3O4. The van der Waals surface area contributed by atoms with E-state index in [0.717, 1.165) is 42.5 Å². The van der Waals surface area contributed by atoms with Gasteiger partial charge in [0.15, 0.2) is 11.5 Å². The van der Waals surface area contributed by atoms with Gasteiger partial charge in [0.05, 0.1) is 44.5 Å². The van der Waals surface area contributed by atoms with Crippen LogP contribution in [-0.4, -0.2) is 43.3 Å². The Morgan fingerprint density at radius 2 is 1.68 bits per heavy atom. The molecule has 3 rings (SSSR count). The molecule has 0 aliphatic heterocycles. The third-order valence-corrected chi connectivity index (χ3v) is 4.66. The number of benzene rings is 1. The standard InChI is InChI=1S/C18H23N3O4/c1-23-15-8-13-14(9-16(15)24-2)21-17(10-19-13)20-12-6-4-11(5-7-12)18(22)25-3/h8-12H,4-7H2,1-3H3,(H,20,21)/t11-,12+. The van der Waals surface area contributed by atoms with Gasteiger partial charge in [-0.2, -0.15) is 0 Å². The van der Waals surface area contributed by atoms with Crippen LogP contribution in [-0.2, 0) is 9.53 Å². The summed E-state index contributed by atoms with van der Waals surface area (Å²) in [6, 6.07) is 3.92. The molecule has 2 aromatic rings. The van der Waals surface area contributed by atoms with Gasteiger partial charge in [-0.3, -0.25) is 9.78 Å². The van der Waals surface area contributed by atoms with E-state index >= 15 is 0 Å². The van der Waals surface area contributed by atoms with Gasteiger partial charge in [0.1, 0.15) is 5.82 Å². The molecule has 0 saturated heterocycles. The predicted octanol–water partition coefficient (Wildman–Crippen LogP) is 2.79. The van der Waals surface area contributed by atoms with Gasteiger partial charge in [0, 0.05) is 18.2 Å². The minimum Gasteiger partial charge on any atom is -0.493 e. The summed E-state index contributed by atoms with van der Waals surface area (Å²) in [7, 11) is 4.64. The Kier molecular flexibility index (Phi) is 5.21. The summed E-state index contributed by atoms with van der Waals surface area (Å²) in [6.07, 6.45) is 5.20. The number of anilines is 1. The summed E-state index contributed by atoms with van der Waals surface area (Å²) in [6.45, 7) is 0. The molecule has 1 aliphatic carbocycles. The number of ether oxygens (including phenoxy) is 3. The number of fused-ring (bicyclic) bond motifs is 1. The Bertz CT molecular complexity index is 757. The second kappa shape index (κ2) is 7.55. The molecule has 1 heterocycles. The number of hydrogen-bond acceptors (Lipinski definition) is 7. The number of hydrogen-bond donors (Lipinski definition) is 1. The zero-order valence-electron chi connectivity index (χ0n) is 14.7. The Balaban J connectivity index is 1.71. The maximum absolute atomic E-state index is 11.6. The highest BCUT2D eigenvalue weighted by atomic mass is 16.5. The lowest BCUT2D eigenvalue weighted by Crippen LogP contribution is -2.30. The van der Waals surface area contributed by atoms with E-state index in [-0.39, 0.29) is 17.9 Å². The fourth-order valence-corrected chi connectivity index (χ4v) is 3.26. The first kappa shape index (κ1) is 17.3. The third-order valence-electron chi connectivity index (χ3n) is 4.66.